The third kappa shape index (κ3) is 5.16. The SMILES string of the molecule is CC(CCNC(=O)CC1CCS(=O)(=O)C1)c1ccccc1. The molecule has 0 bridgehead atoms. The first-order valence-electron chi connectivity index (χ1n) is 7.48. The molecular formula is C16H23NO3S. The van der Waals surface area contributed by atoms with E-state index in [0.29, 0.717) is 25.3 Å². The van der Waals surface area contributed by atoms with Crippen LogP contribution in [0.25, 0.3) is 0 Å². The summed E-state index contributed by atoms with van der Waals surface area (Å²) in [5, 5.41) is 2.90. The average molecular weight is 309 g/mol. The fraction of sp³-hybridized carbons (Fsp3) is 0.562. The van der Waals surface area contributed by atoms with E-state index in [1.165, 1.54) is 5.56 Å². The largest absolute Gasteiger partial charge is 0.356 e. The number of amides is 1. The van der Waals surface area contributed by atoms with Crippen LogP contribution in [-0.2, 0) is 14.6 Å². The van der Waals surface area contributed by atoms with E-state index >= 15 is 0 Å². The van der Waals surface area contributed by atoms with Gasteiger partial charge in [0.1, 0.15) is 0 Å². The Bertz CT molecular complexity index is 568. The summed E-state index contributed by atoms with van der Waals surface area (Å²) in [7, 11) is -2.89. The molecule has 0 radical (unpaired) electrons. The first-order chi connectivity index (χ1) is 9.96. The topological polar surface area (TPSA) is 63.2 Å². The Morgan fingerprint density at radius 3 is 2.67 bits per heavy atom. The molecule has 0 aromatic heterocycles. The molecule has 1 aliphatic heterocycles. The molecule has 21 heavy (non-hydrogen) atoms. The lowest BCUT2D eigenvalue weighted by Crippen LogP contribution is -2.27. The fourth-order valence-electron chi connectivity index (χ4n) is 2.74. The summed E-state index contributed by atoms with van der Waals surface area (Å²) in [5.74, 6) is 0.772. The fourth-order valence-corrected chi connectivity index (χ4v) is 4.61. The van der Waals surface area contributed by atoms with Crippen molar-refractivity contribution in [2.45, 2.75) is 32.1 Å². The summed E-state index contributed by atoms with van der Waals surface area (Å²) in [6, 6.07) is 10.2. The van der Waals surface area contributed by atoms with Crippen LogP contribution < -0.4 is 5.32 Å². The van der Waals surface area contributed by atoms with Crippen LogP contribution in [0.1, 0.15) is 37.7 Å². The smallest absolute Gasteiger partial charge is 0.220 e. The second-order valence-electron chi connectivity index (χ2n) is 5.92. The third-order valence-electron chi connectivity index (χ3n) is 4.07. The van der Waals surface area contributed by atoms with E-state index in [2.05, 4.69) is 24.4 Å². The maximum absolute atomic E-state index is 11.8. The van der Waals surface area contributed by atoms with E-state index in [1.54, 1.807) is 0 Å². The van der Waals surface area contributed by atoms with E-state index in [1.807, 2.05) is 18.2 Å². The maximum Gasteiger partial charge on any atom is 0.220 e. The van der Waals surface area contributed by atoms with Crippen LogP contribution in [0.15, 0.2) is 30.3 Å². The number of hydrogen-bond donors (Lipinski definition) is 1. The van der Waals surface area contributed by atoms with Crippen LogP contribution in [0, 0.1) is 5.92 Å². The van der Waals surface area contributed by atoms with Crippen molar-refractivity contribution in [2.24, 2.45) is 5.92 Å². The molecule has 1 aliphatic rings. The predicted molar refractivity (Wildman–Crippen MR) is 83.9 cm³/mol. The van der Waals surface area contributed by atoms with Crippen LogP contribution in [0.2, 0.25) is 0 Å². The quantitative estimate of drug-likeness (QED) is 0.875. The van der Waals surface area contributed by atoms with E-state index in [0.717, 1.165) is 6.42 Å². The molecule has 1 saturated heterocycles. The van der Waals surface area contributed by atoms with Gasteiger partial charge in [-0.15, -0.1) is 0 Å². The number of sulfone groups is 1. The zero-order chi connectivity index (χ0) is 15.3. The van der Waals surface area contributed by atoms with Gasteiger partial charge in [-0.25, -0.2) is 8.42 Å². The van der Waals surface area contributed by atoms with Gasteiger partial charge < -0.3 is 5.32 Å². The Balaban J connectivity index is 1.68. The van der Waals surface area contributed by atoms with Crippen molar-refractivity contribution in [3.63, 3.8) is 0 Å². The minimum atomic E-state index is -2.89. The van der Waals surface area contributed by atoms with Crippen LogP contribution in [0.4, 0.5) is 0 Å². The molecule has 1 N–H and O–H groups in total. The minimum absolute atomic E-state index is 0.00143. The standard InChI is InChI=1S/C16H23NO3S/c1-13(15-5-3-2-4-6-15)7-9-17-16(18)11-14-8-10-21(19,20)12-14/h2-6,13-14H,7-12H2,1H3,(H,17,18). The molecule has 2 rings (SSSR count). The van der Waals surface area contributed by atoms with E-state index in [-0.39, 0.29) is 23.3 Å². The molecule has 5 heteroatoms. The first-order valence-corrected chi connectivity index (χ1v) is 9.30. The van der Waals surface area contributed by atoms with E-state index < -0.39 is 9.84 Å². The molecule has 1 aromatic carbocycles. The molecule has 2 unspecified atom stereocenters. The molecule has 1 fully saturated rings. The van der Waals surface area contributed by atoms with Gasteiger partial charge >= 0.3 is 0 Å². The van der Waals surface area contributed by atoms with Crippen LogP contribution >= 0.6 is 0 Å². The van der Waals surface area contributed by atoms with Gasteiger partial charge in [-0.3, -0.25) is 4.79 Å². The van der Waals surface area contributed by atoms with Crippen molar-refractivity contribution >= 4 is 15.7 Å². The second-order valence-corrected chi connectivity index (χ2v) is 8.15. The van der Waals surface area contributed by atoms with Crippen molar-refractivity contribution in [1.82, 2.24) is 5.32 Å². The molecule has 1 heterocycles. The highest BCUT2D eigenvalue weighted by Crippen LogP contribution is 2.21. The second kappa shape index (κ2) is 7.07. The van der Waals surface area contributed by atoms with Gasteiger partial charge in [0, 0.05) is 13.0 Å². The molecule has 1 aromatic rings. The normalized spacial score (nSPS) is 21.9. The lowest BCUT2D eigenvalue weighted by atomic mass is 9.98. The number of benzene rings is 1. The Kier molecular flexibility index (Phi) is 5.39. The monoisotopic (exact) mass is 309 g/mol. The van der Waals surface area contributed by atoms with Gasteiger partial charge in [-0.05, 0) is 30.2 Å². The van der Waals surface area contributed by atoms with Crippen molar-refractivity contribution in [1.29, 1.82) is 0 Å². The molecule has 0 saturated carbocycles. The Morgan fingerprint density at radius 2 is 2.05 bits per heavy atom. The lowest BCUT2D eigenvalue weighted by molar-refractivity contribution is -0.121. The zero-order valence-corrected chi connectivity index (χ0v) is 13.2. The predicted octanol–water partition coefficient (Wildman–Crippen LogP) is 2.12. The van der Waals surface area contributed by atoms with Crippen LogP contribution in [0.5, 0.6) is 0 Å². The van der Waals surface area contributed by atoms with Crippen LogP contribution in [-0.4, -0.2) is 32.4 Å². The summed E-state index contributed by atoms with van der Waals surface area (Å²) in [6.07, 6.45) is 1.84. The molecule has 0 aliphatic carbocycles. The maximum atomic E-state index is 11.8. The summed E-state index contributed by atoms with van der Waals surface area (Å²) in [5.41, 5.74) is 1.27. The highest BCUT2D eigenvalue weighted by Gasteiger charge is 2.29. The first kappa shape index (κ1) is 16.0. The van der Waals surface area contributed by atoms with Gasteiger partial charge in [0.15, 0.2) is 9.84 Å². The van der Waals surface area contributed by atoms with Crippen molar-refractivity contribution < 1.29 is 13.2 Å². The summed E-state index contributed by atoms with van der Waals surface area (Å²) in [4.78, 5) is 11.8. The van der Waals surface area contributed by atoms with Crippen molar-refractivity contribution in [3.8, 4) is 0 Å². The number of rotatable bonds is 6. The zero-order valence-electron chi connectivity index (χ0n) is 12.4. The number of carbonyl (C=O) groups excluding carboxylic acids is 1. The van der Waals surface area contributed by atoms with Gasteiger partial charge in [-0.2, -0.15) is 0 Å². The summed E-state index contributed by atoms with van der Waals surface area (Å²) >= 11 is 0. The highest BCUT2D eigenvalue weighted by molar-refractivity contribution is 7.91. The number of carbonyl (C=O) groups is 1. The van der Waals surface area contributed by atoms with Gasteiger partial charge in [0.2, 0.25) is 5.91 Å². The van der Waals surface area contributed by atoms with Gasteiger partial charge in [-0.1, -0.05) is 37.3 Å². The molecule has 0 spiro atoms. The average Bonchev–Trinajstić information content (AvgIpc) is 2.78. The van der Waals surface area contributed by atoms with Gasteiger partial charge in [0.25, 0.3) is 0 Å². The molecule has 4 nitrogen and oxygen atoms in total. The summed E-state index contributed by atoms with van der Waals surface area (Å²) in [6.45, 7) is 2.78. The highest BCUT2D eigenvalue weighted by atomic mass is 32.2. The third-order valence-corrected chi connectivity index (χ3v) is 5.91. The van der Waals surface area contributed by atoms with E-state index in [4.69, 9.17) is 0 Å². The van der Waals surface area contributed by atoms with Crippen molar-refractivity contribution in [2.75, 3.05) is 18.1 Å². The molecular weight excluding hydrogens is 286 g/mol. The van der Waals surface area contributed by atoms with Crippen LogP contribution in [0.3, 0.4) is 0 Å². The van der Waals surface area contributed by atoms with E-state index in [9.17, 15) is 13.2 Å². The Labute approximate surface area is 126 Å². The minimum Gasteiger partial charge on any atom is -0.356 e. The molecule has 116 valence electrons. The molecule has 1 amide bonds. The molecule has 2 atom stereocenters. The summed E-state index contributed by atoms with van der Waals surface area (Å²) < 4.78 is 22.7. The Morgan fingerprint density at radius 1 is 1.33 bits per heavy atom. The Hall–Kier alpha value is -1.36. The number of hydrogen-bond acceptors (Lipinski definition) is 3. The number of nitrogens with one attached hydrogen (secondary N) is 1. The van der Waals surface area contributed by atoms with Crippen molar-refractivity contribution in [3.05, 3.63) is 35.9 Å². The lowest BCUT2D eigenvalue weighted by Gasteiger charge is -2.13. The van der Waals surface area contributed by atoms with Gasteiger partial charge in [0.05, 0.1) is 11.5 Å².